The average molecular weight is 285 g/mol. The summed E-state index contributed by atoms with van der Waals surface area (Å²) in [6, 6.07) is 0. The first-order valence-corrected chi connectivity index (χ1v) is 6.91. The van der Waals surface area contributed by atoms with Crippen molar-refractivity contribution in [2.24, 2.45) is 5.84 Å². The Morgan fingerprint density at radius 2 is 1.35 bits per heavy atom. The van der Waals surface area contributed by atoms with Gasteiger partial charge < -0.3 is 10.4 Å². The van der Waals surface area contributed by atoms with Gasteiger partial charge in [-0.1, -0.05) is 0 Å². The van der Waals surface area contributed by atoms with Crippen molar-refractivity contribution in [1.29, 1.82) is 5.41 Å². The first-order valence-electron chi connectivity index (χ1n) is 6.91. The van der Waals surface area contributed by atoms with Crippen molar-refractivity contribution in [2.75, 3.05) is 0 Å². The average Bonchev–Trinajstić information content (AvgIpc) is 2.41. The molecule has 1 spiro atoms. The molecule has 2 fully saturated rings. The third-order valence-electron chi connectivity index (χ3n) is 4.79. The number of amidine groups is 1. The van der Waals surface area contributed by atoms with Gasteiger partial charge in [0.25, 0.3) is 0 Å². The molecule has 2 heterocycles. The number of nitrogens with zero attached hydrogens (tertiary/aromatic N) is 3. The second-order valence-corrected chi connectivity index (χ2v) is 7.85. The number of hydroxylamine groups is 4. The monoisotopic (exact) mass is 285 g/mol. The van der Waals surface area contributed by atoms with Crippen molar-refractivity contribution >= 4 is 5.84 Å². The molecular weight excluding hydrogens is 258 g/mol. The Bertz CT molecular complexity index is 428. The number of nitrogens with one attached hydrogen (secondary N) is 1. The Morgan fingerprint density at radius 1 is 0.950 bits per heavy atom. The summed E-state index contributed by atoms with van der Waals surface area (Å²) in [7, 11) is 0. The summed E-state index contributed by atoms with van der Waals surface area (Å²) in [6.07, 6.45) is 0.846. The highest BCUT2D eigenvalue weighted by atomic mass is 16.5. The molecule has 2 saturated heterocycles. The summed E-state index contributed by atoms with van der Waals surface area (Å²) in [5, 5.41) is 33.3. The topological polar surface area (TPSA) is 100 Å². The zero-order valence-corrected chi connectivity index (χ0v) is 13.2. The fraction of sp³-hybridized carbons (Fsp3) is 0.923. The summed E-state index contributed by atoms with van der Waals surface area (Å²) in [5.41, 5.74) is -2.88. The van der Waals surface area contributed by atoms with Gasteiger partial charge in [0.15, 0.2) is 0 Å². The number of hydrogen-bond donors (Lipinski definition) is 4. The predicted molar refractivity (Wildman–Crippen MR) is 75.2 cm³/mol. The lowest BCUT2D eigenvalue weighted by atomic mass is 9.70. The van der Waals surface area contributed by atoms with Crippen LogP contribution in [-0.4, -0.2) is 53.7 Å². The van der Waals surface area contributed by atoms with Crippen LogP contribution in [-0.2, 0) is 0 Å². The highest BCUT2D eigenvalue weighted by molar-refractivity contribution is 5.91. The number of hydrazine groups is 1. The SMILES string of the molecule is CC1(C)CC2(CC(C)(C)N1O)C(=N)N(N)C(C)(C)N2O. The van der Waals surface area contributed by atoms with Gasteiger partial charge in [0.2, 0.25) is 0 Å². The summed E-state index contributed by atoms with van der Waals surface area (Å²) >= 11 is 0. The van der Waals surface area contributed by atoms with Crippen molar-refractivity contribution in [3.8, 4) is 0 Å². The van der Waals surface area contributed by atoms with Crippen molar-refractivity contribution in [1.82, 2.24) is 15.1 Å². The number of hydrogen-bond acceptors (Lipinski definition) is 6. The normalized spacial score (nSPS) is 32.0. The lowest BCUT2D eigenvalue weighted by Gasteiger charge is -2.56. The Balaban J connectivity index is 2.54. The standard InChI is InChI=1S/C13H27N5O2/c1-10(2)7-13(8-11(3,4)17(10)19)9(14)16(15)12(5,6)18(13)20/h14,19-20H,7-8,15H2,1-6H3. The van der Waals surface area contributed by atoms with E-state index in [1.54, 1.807) is 13.8 Å². The minimum Gasteiger partial charge on any atom is -0.313 e. The van der Waals surface area contributed by atoms with Crippen LogP contribution in [0.2, 0.25) is 0 Å². The van der Waals surface area contributed by atoms with Crippen LogP contribution in [0.3, 0.4) is 0 Å². The summed E-state index contributed by atoms with van der Waals surface area (Å²) in [5.74, 6) is 6.19. The molecule has 2 rings (SSSR count). The molecule has 0 bridgehead atoms. The number of nitrogens with two attached hydrogens (primary N) is 1. The van der Waals surface area contributed by atoms with E-state index in [0.29, 0.717) is 12.8 Å². The molecule has 0 amide bonds. The van der Waals surface area contributed by atoms with Crippen LogP contribution in [0, 0.1) is 5.41 Å². The molecule has 20 heavy (non-hydrogen) atoms. The fourth-order valence-electron chi connectivity index (χ4n) is 4.00. The fourth-order valence-corrected chi connectivity index (χ4v) is 4.00. The van der Waals surface area contributed by atoms with Crippen LogP contribution in [0.1, 0.15) is 54.4 Å². The van der Waals surface area contributed by atoms with Crippen LogP contribution in [0.15, 0.2) is 0 Å². The van der Waals surface area contributed by atoms with E-state index in [1.807, 2.05) is 27.7 Å². The van der Waals surface area contributed by atoms with Gasteiger partial charge in [0.05, 0.1) is 0 Å². The molecule has 0 aromatic carbocycles. The van der Waals surface area contributed by atoms with E-state index in [4.69, 9.17) is 11.3 Å². The van der Waals surface area contributed by atoms with E-state index in [2.05, 4.69) is 0 Å². The Labute approximate surface area is 120 Å². The van der Waals surface area contributed by atoms with Gasteiger partial charge >= 0.3 is 0 Å². The first-order chi connectivity index (χ1) is 8.79. The molecule has 7 nitrogen and oxygen atoms in total. The molecule has 0 aromatic rings. The second-order valence-electron chi connectivity index (χ2n) is 7.85. The molecule has 2 aliphatic rings. The van der Waals surface area contributed by atoms with Gasteiger partial charge in [0, 0.05) is 11.1 Å². The van der Waals surface area contributed by atoms with E-state index in [-0.39, 0.29) is 5.84 Å². The van der Waals surface area contributed by atoms with Gasteiger partial charge in [-0.15, -0.1) is 0 Å². The minimum atomic E-state index is -0.884. The zero-order valence-electron chi connectivity index (χ0n) is 13.2. The van der Waals surface area contributed by atoms with Gasteiger partial charge in [0.1, 0.15) is 17.0 Å². The van der Waals surface area contributed by atoms with Gasteiger partial charge in [-0.05, 0) is 54.4 Å². The van der Waals surface area contributed by atoms with Gasteiger partial charge in [-0.25, -0.2) is 5.84 Å². The second kappa shape index (κ2) is 3.92. The quantitative estimate of drug-likeness (QED) is 0.501. The van der Waals surface area contributed by atoms with E-state index in [9.17, 15) is 10.4 Å². The molecule has 0 aromatic heterocycles. The highest BCUT2D eigenvalue weighted by Crippen LogP contribution is 2.50. The molecule has 2 aliphatic heterocycles. The van der Waals surface area contributed by atoms with Crippen molar-refractivity contribution < 1.29 is 10.4 Å². The maximum Gasteiger partial charge on any atom is 0.135 e. The molecule has 0 unspecified atom stereocenters. The van der Waals surface area contributed by atoms with Gasteiger partial charge in [-0.2, -0.15) is 10.1 Å². The molecule has 116 valence electrons. The summed E-state index contributed by atoms with van der Waals surface area (Å²) in [6.45, 7) is 11.2. The Hall–Kier alpha value is -0.730. The lowest BCUT2D eigenvalue weighted by molar-refractivity contribution is -0.294. The molecule has 0 saturated carbocycles. The minimum absolute atomic E-state index is 0.194. The van der Waals surface area contributed by atoms with Crippen LogP contribution in [0.4, 0.5) is 0 Å². The summed E-state index contributed by atoms with van der Waals surface area (Å²) in [4.78, 5) is 0. The molecule has 0 aliphatic carbocycles. The van der Waals surface area contributed by atoms with Gasteiger partial charge in [-0.3, -0.25) is 10.4 Å². The van der Waals surface area contributed by atoms with Crippen molar-refractivity contribution in [2.45, 2.75) is 76.7 Å². The maximum absolute atomic E-state index is 10.7. The van der Waals surface area contributed by atoms with E-state index < -0.39 is 22.3 Å². The highest BCUT2D eigenvalue weighted by Gasteiger charge is 2.65. The largest absolute Gasteiger partial charge is 0.313 e. The van der Waals surface area contributed by atoms with E-state index in [1.165, 1.54) is 15.1 Å². The molecule has 5 N–H and O–H groups in total. The molecular formula is C13H27N5O2. The smallest absolute Gasteiger partial charge is 0.135 e. The van der Waals surface area contributed by atoms with Crippen molar-refractivity contribution in [3.63, 3.8) is 0 Å². The number of piperidine rings is 1. The molecule has 0 radical (unpaired) electrons. The Morgan fingerprint density at radius 3 is 1.65 bits per heavy atom. The Kier molecular flexibility index (Phi) is 3.07. The van der Waals surface area contributed by atoms with Crippen LogP contribution in [0.25, 0.3) is 0 Å². The lowest BCUT2D eigenvalue weighted by Crippen LogP contribution is -2.69. The van der Waals surface area contributed by atoms with E-state index >= 15 is 0 Å². The zero-order chi connectivity index (χ0) is 15.7. The van der Waals surface area contributed by atoms with Crippen LogP contribution >= 0.6 is 0 Å². The molecule has 7 heteroatoms. The third kappa shape index (κ3) is 1.74. The molecule has 0 atom stereocenters. The predicted octanol–water partition coefficient (Wildman–Crippen LogP) is 1.36. The van der Waals surface area contributed by atoms with E-state index in [0.717, 1.165) is 0 Å². The summed E-state index contributed by atoms with van der Waals surface area (Å²) < 4.78 is 0. The number of rotatable bonds is 0. The van der Waals surface area contributed by atoms with Crippen LogP contribution < -0.4 is 5.84 Å². The first kappa shape index (κ1) is 15.7. The third-order valence-corrected chi connectivity index (χ3v) is 4.79. The van der Waals surface area contributed by atoms with Crippen LogP contribution in [0.5, 0.6) is 0 Å². The van der Waals surface area contributed by atoms with Crippen molar-refractivity contribution in [3.05, 3.63) is 0 Å². The maximum atomic E-state index is 10.7.